The predicted octanol–water partition coefficient (Wildman–Crippen LogP) is -0.352. The van der Waals surface area contributed by atoms with Gasteiger partial charge < -0.3 is 0 Å². The van der Waals surface area contributed by atoms with Crippen molar-refractivity contribution in [2.75, 3.05) is 21.1 Å². The topological polar surface area (TPSA) is 49.4 Å². The summed E-state index contributed by atoms with van der Waals surface area (Å²) in [5.41, 5.74) is 0. The van der Waals surface area contributed by atoms with E-state index in [0.717, 1.165) is 4.31 Å². The van der Waals surface area contributed by atoms with Gasteiger partial charge in [-0.15, -0.1) is 0 Å². The third-order valence-electron chi connectivity index (χ3n) is 0.739. The zero-order chi connectivity index (χ0) is 6.78. The van der Waals surface area contributed by atoms with Crippen LogP contribution in [0, 0.1) is 0 Å². The van der Waals surface area contributed by atoms with Crippen molar-refractivity contribution in [1.82, 2.24) is 9.03 Å². The number of hydrogen-bond acceptors (Lipinski definition) is 2. The molecular weight excluding hydrogens is 140 g/mol. The Hall–Kier alpha value is -0.130. The molecule has 0 amide bonds. The van der Waals surface area contributed by atoms with Crippen LogP contribution in [0.3, 0.4) is 0 Å². The van der Waals surface area contributed by atoms with Crippen molar-refractivity contribution in [3.63, 3.8) is 0 Å². The summed E-state index contributed by atoms with van der Waals surface area (Å²) < 4.78 is 24.3. The van der Waals surface area contributed by atoms with Crippen LogP contribution in [0.2, 0.25) is 0 Å². The summed E-state index contributed by atoms with van der Waals surface area (Å²) in [6.07, 6.45) is 0. The van der Waals surface area contributed by atoms with Crippen LogP contribution >= 0.6 is 0 Å². The van der Waals surface area contributed by atoms with E-state index in [1.165, 1.54) is 21.1 Å². The Kier molecular flexibility index (Phi) is 4.93. The quantitative estimate of drug-likeness (QED) is 0.591. The first kappa shape index (κ1) is 11.6. The Morgan fingerprint density at radius 1 is 1.33 bits per heavy atom. The lowest BCUT2D eigenvalue weighted by molar-refractivity contribution is 0.512. The number of nitrogens with zero attached hydrogens (tertiary/aromatic N) is 1. The molecule has 0 unspecified atom stereocenters. The van der Waals surface area contributed by atoms with Crippen molar-refractivity contribution >= 4 is 10.2 Å². The fraction of sp³-hybridized carbons (Fsp3) is 1.00. The van der Waals surface area contributed by atoms with Crippen molar-refractivity contribution in [2.45, 2.75) is 7.43 Å². The average Bonchev–Trinajstić information content (AvgIpc) is 1.67. The van der Waals surface area contributed by atoms with Crippen LogP contribution in [0.1, 0.15) is 7.43 Å². The molecule has 0 aromatic rings. The van der Waals surface area contributed by atoms with Gasteiger partial charge in [0, 0.05) is 21.1 Å². The molecule has 0 bridgehead atoms. The second kappa shape index (κ2) is 3.81. The maximum atomic E-state index is 10.5. The van der Waals surface area contributed by atoms with Crippen molar-refractivity contribution in [1.29, 1.82) is 0 Å². The molecule has 0 aliphatic carbocycles. The van der Waals surface area contributed by atoms with Gasteiger partial charge in [-0.1, -0.05) is 7.43 Å². The summed E-state index contributed by atoms with van der Waals surface area (Å²) in [6, 6.07) is 0. The number of hydrogen-bond donors (Lipinski definition) is 1. The number of rotatable bonds is 2. The molecule has 5 heteroatoms. The van der Waals surface area contributed by atoms with Gasteiger partial charge in [0.25, 0.3) is 10.2 Å². The Bertz CT molecular complexity index is 150. The van der Waals surface area contributed by atoms with Crippen LogP contribution < -0.4 is 4.72 Å². The lowest BCUT2D eigenvalue weighted by atomic mass is 11.3. The highest BCUT2D eigenvalue weighted by atomic mass is 32.2. The van der Waals surface area contributed by atoms with Crippen LogP contribution in [-0.2, 0) is 10.2 Å². The zero-order valence-electron chi connectivity index (χ0n) is 5.17. The van der Waals surface area contributed by atoms with E-state index in [1.807, 2.05) is 0 Å². The molecule has 0 saturated carbocycles. The van der Waals surface area contributed by atoms with E-state index < -0.39 is 10.2 Å². The summed E-state index contributed by atoms with van der Waals surface area (Å²) in [7, 11) is 1.15. The molecule has 0 radical (unpaired) electrons. The van der Waals surface area contributed by atoms with E-state index in [2.05, 4.69) is 4.72 Å². The summed E-state index contributed by atoms with van der Waals surface area (Å²) in [4.78, 5) is 0. The van der Waals surface area contributed by atoms with Crippen LogP contribution in [0.15, 0.2) is 0 Å². The molecule has 0 heterocycles. The third-order valence-corrected chi connectivity index (χ3v) is 2.22. The van der Waals surface area contributed by atoms with E-state index in [9.17, 15) is 8.42 Å². The summed E-state index contributed by atoms with van der Waals surface area (Å²) in [5.74, 6) is 0. The van der Waals surface area contributed by atoms with Gasteiger partial charge >= 0.3 is 0 Å². The number of nitrogens with one attached hydrogen (secondary N) is 1. The minimum absolute atomic E-state index is 0. The molecular formula is C4H14N2O2S. The molecule has 4 nitrogen and oxygen atoms in total. The second-order valence-corrected chi connectivity index (χ2v) is 3.58. The maximum Gasteiger partial charge on any atom is 0.278 e. The molecule has 58 valence electrons. The Morgan fingerprint density at radius 3 is 1.67 bits per heavy atom. The van der Waals surface area contributed by atoms with E-state index in [1.54, 1.807) is 0 Å². The average molecular weight is 154 g/mol. The van der Waals surface area contributed by atoms with Gasteiger partial charge in [0.05, 0.1) is 0 Å². The molecule has 0 fully saturated rings. The lowest BCUT2D eigenvalue weighted by Crippen LogP contribution is -2.32. The molecule has 0 aromatic heterocycles. The molecule has 1 N–H and O–H groups in total. The summed E-state index contributed by atoms with van der Waals surface area (Å²) in [6.45, 7) is 0. The molecule has 0 spiro atoms. The fourth-order valence-electron chi connectivity index (χ4n) is 0.183. The third kappa shape index (κ3) is 3.45. The van der Waals surface area contributed by atoms with E-state index in [4.69, 9.17) is 0 Å². The van der Waals surface area contributed by atoms with Crippen LogP contribution in [0.25, 0.3) is 0 Å². The highest BCUT2D eigenvalue weighted by molar-refractivity contribution is 7.87. The lowest BCUT2D eigenvalue weighted by Gasteiger charge is -2.07. The second-order valence-electron chi connectivity index (χ2n) is 1.49. The molecule has 0 rings (SSSR count). The monoisotopic (exact) mass is 154 g/mol. The van der Waals surface area contributed by atoms with E-state index >= 15 is 0 Å². The van der Waals surface area contributed by atoms with Crippen LogP contribution in [-0.4, -0.2) is 33.9 Å². The highest BCUT2D eigenvalue weighted by Gasteiger charge is 2.06. The van der Waals surface area contributed by atoms with Crippen molar-refractivity contribution < 1.29 is 8.42 Å². The fourth-order valence-corrected chi connectivity index (χ4v) is 0.548. The molecule has 0 atom stereocenters. The molecule has 0 aliphatic rings. The summed E-state index contributed by atoms with van der Waals surface area (Å²) >= 11 is 0. The first-order valence-corrected chi connectivity index (χ1v) is 3.55. The van der Waals surface area contributed by atoms with E-state index in [-0.39, 0.29) is 7.43 Å². The minimum Gasteiger partial charge on any atom is -0.205 e. The predicted molar refractivity (Wildman–Crippen MR) is 38.4 cm³/mol. The largest absolute Gasteiger partial charge is 0.278 e. The molecule has 0 aromatic carbocycles. The standard InChI is InChI=1S/C3H10N2O2S.CH4/c1-4-8(6,7)5(2)3;/h4H,1-3H3;1H4. The van der Waals surface area contributed by atoms with Crippen molar-refractivity contribution in [3.8, 4) is 0 Å². The van der Waals surface area contributed by atoms with Gasteiger partial charge in [0.2, 0.25) is 0 Å². The van der Waals surface area contributed by atoms with Gasteiger partial charge in [0.1, 0.15) is 0 Å². The van der Waals surface area contributed by atoms with E-state index in [0.29, 0.717) is 0 Å². The Balaban J connectivity index is 0. The normalized spacial score (nSPS) is 11.1. The van der Waals surface area contributed by atoms with Crippen LogP contribution in [0.5, 0.6) is 0 Å². The van der Waals surface area contributed by atoms with Gasteiger partial charge in [-0.25, -0.2) is 4.72 Å². The van der Waals surface area contributed by atoms with Gasteiger partial charge in [-0.05, 0) is 0 Å². The molecule has 0 saturated heterocycles. The minimum atomic E-state index is -3.15. The van der Waals surface area contributed by atoms with Gasteiger partial charge in [-0.2, -0.15) is 12.7 Å². The first-order chi connectivity index (χ1) is 3.50. The Morgan fingerprint density at radius 2 is 1.67 bits per heavy atom. The maximum absolute atomic E-state index is 10.5. The van der Waals surface area contributed by atoms with Gasteiger partial charge in [0.15, 0.2) is 0 Å². The van der Waals surface area contributed by atoms with Gasteiger partial charge in [-0.3, -0.25) is 0 Å². The SMILES string of the molecule is C.CNS(=O)(=O)N(C)C. The smallest absolute Gasteiger partial charge is 0.205 e. The zero-order valence-corrected chi connectivity index (χ0v) is 5.99. The van der Waals surface area contributed by atoms with Crippen molar-refractivity contribution in [2.24, 2.45) is 0 Å². The highest BCUT2D eigenvalue weighted by Crippen LogP contribution is 1.82. The first-order valence-electron chi connectivity index (χ1n) is 2.11. The summed E-state index contributed by atoms with van der Waals surface area (Å²) in [5, 5.41) is 0. The molecule has 9 heavy (non-hydrogen) atoms. The van der Waals surface area contributed by atoms with Crippen molar-refractivity contribution in [3.05, 3.63) is 0 Å². The molecule has 0 aliphatic heterocycles. The Labute approximate surface area is 57.0 Å². The van der Waals surface area contributed by atoms with Crippen LogP contribution in [0.4, 0.5) is 0 Å².